The molecule has 0 aliphatic carbocycles. The van der Waals surface area contributed by atoms with E-state index in [0.29, 0.717) is 13.2 Å². The van der Waals surface area contributed by atoms with Crippen LogP contribution in [0.5, 0.6) is 0 Å². The van der Waals surface area contributed by atoms with Gasteiger partial charge in [0.25, 0.3) is 0 Å². The summed E-state index contributed by atoms with van der Waals surface area (Å²) < 4.78 is 0. The molecule has 2 heteroatoms. The van der Waals surface area contributed by atoms with Gasteiger partial charge in [0.15, 0.2) is 0 Å². The summed E-state index contributed by atoms with van der Waals surface area (Å²) in [4.78, 5) is 0. The van der Waals surface area contributed by atoms with Gasteiger partial charge in [-0.3, -0.25) is 0 Å². The molecule has 0 aliphatic rings. The molecule has 0 amide bonds. The lowest BCUT2D eigenvalue weighted by Crippen LogP contribution is -1.89. The van der Waals surface area contributed by atoms with Gasteiger partial charge in [0.1, 0.15) is 0 Å². The van der Waals surface area contributed by atoms with Gasteiger partial charge in [0.2, 0.25) is 0 Å². The van der Waals surface area contributed by atoms with Crippen LogP contribution in [-0.4, -0.2) is 23.4 Å². The molecular weight excluding hydrogens is 392 g/mol. The van der Waals surface area contributed by atoms with Crippen molar-refractivity contribution >= 4 is 0 Å². The SMILES string of the molecule is OCCCCCCCCCc1ccc(-c2ccc(CCCCCCCCCO)cc2)cc1. The summed E-state index contributed by atoms with van der Waals surface area (Å²) in [6.07, 6.45) is 19.6. The van der Waals surface area contributed by atoms with E-state index in [1.807, 2.05) is 0 Å². The molecular formula is C30H46O2. The second kappa shape index (κ2) is 17.9. The first-order chi connectivity index (χ1) is 15.8. The van der Waals surface area contributed by atoms with E-state index in [-0.39, 0.29) is 0 Å². The lowest BCUT2D eigenvalue weighted by molar-refractivity contribution is 0.282. The molecule has 0 unspecified atom stereocenters. The molecule has 2 nitrogen and oxygen atoms in total. The van der Waals surface area contributed by atoms with Crippen molar-refractivity contribution in [3.8, 4) is 11.1 Å². The van der Waals surface area contributed by atoms with Gasteiger partial charge in [-0.05, 0) is 60.8 Å². The van der Waals surface area contributed by atoms with E-state index < -0.39 is 0 Å². The summed E-state index contributed by atoms with van der Waals surface area (Å²) in [5.74, 6) is 0. The summed E-state index contributed by atoms with van der Waals surface area (Å²) in [6.45, 7) is 0.682. The molecule has 2 N–H and O–H groups in total. The number of aliphatic hydroxyl groups is 2. The Morgan fingerprint density at radius 2 is 0.625 bits per heavy atom. The van der Waals surface area contributed by atoms with Gasteiger partial charge < -0.3 is 10.2 Å². The average molecular weight is 439 g/mol. The number of hydrogen-bond donors (Lipinski definition) is 2. The van der Waals surface area contributed by atoms with Crippen molar-refractivity contribution in [2.75, 3.05) is 13.2 Å². The van der Waals surface area contributed by atoms with E-state index in [4.69, 9.17) is 10.2 Å². The second-order valence-electron chi connectivity index (χ2n) is 9.29. The number of rotatable bonds is 19. The van der Waals surface area contributed by atoms with Crippen molar-refractivity contribution in [2.45, 2.75) is 103 Å². The van der Waals surface area contributed by atoms with Gasteiger partial charge in [0.05, 0.1) is 0 Å². The van der Waals surface area contributed by atoms with Crippen LogP contribution in [-0.2, 0) is 12.8 Å². The zero-order valence-electron chi connectivity index (χ0n) is 20.2. The highest BCUT2D eigenvalue weighted by atomic mass is 16.3. The highest BCUT2D eigenvalue weighted by Crippen LogP contribution is 2.22. The zero-order chi connectivity index (χ0) is 22.7. The number of unbranched alkanes of at least 4 members (excludes halogenated alkanes) is 12. The topological polar surface area (TPSA) is 40.5 Å². The number of hydrogen-bond acceptors (Lipinski definition) is 2. The van der Waals surface area contributed by atoms with Gasteiger partial charge in [-0.1, -0.05) is 113 Å². The van der Waals surface area contributed by atoms with Crippen LogP contribution in [0, 0.1) is 0 Å². The zero-order valence-corrected chi connectivity index (χ0v) is 20.2. The smallest absolute Gasteiger partial charge is 0.0431 e. The van der Waals surface area contributed by atoms with Crippen molar-refractivity contribution < 1.29 is 10.2 Å². The van der Waals surface area contributed by atoms with E-state index in [2.05, 4.69) is 48.5 Å². The monoisotopic (exact) mass is 438 g/mol. The Morgan fingerprint density at radius 1 is 0.344 bits per heavy atom. The molecule has 2 aromatic rings. The Morgan fingerprint density at radius 3 is 0.938 bits per heavy atom. The fourth-order valence-corrected chi connectivity index (χ4v) is 4.38. The first-order valence-corrected chi connectivity index (χ1v) is 13.2. The minimum Gasteiger partial charge on any atom is -0.396 e. The normalized spacial score (nSPS) is 11.2. The molecule has 32 heavy (non-hydrogen) atoms. The van der Waals surface area contributed by atoms with E-state index >= 15 is 0 Å². The molecule has 0 atom stereocenters. The lowest BCUT2D eigenvalue weighted by atomic mass is 9.98. The molecule has 0 spiro atoms. The van der Waals surface area contributed by atoms with Crippen molar-refractivity contribution in [1.29, 1.82) is 0 Å². The molecule has 0 radical (unpaired) electrons. The first-order valence-electron chi connectivity index (χ1n) is 13.2. The maximum absolute atomic E-state index is 8.81. The number of aliphatic hydroxyl groups excluding tert-OH is 2. The maximum Gasteiger partial charge on any atom is 0.0431 e. The standard InChI is InChI=1S/C30H46O2/c31-25-13-9-5-1-3-7-11-15-27-17-21-29(22-18-27)30-23-19-28(20-24-30)16-12-8-4-2-6-10-14-26-32/h17-24,31-32H,1-16,25-26H2. The summed E-state index contributed by atoms with van der Waals surface area (Å²) in [6, 6.07) is 18.3. The summed E-state index contributed by atoms with van der Waals surface area (Å²) in [7, 11) is 0. The van der Waals surface area contributed by atoms with Crippen molar-refractivity contribution in [1.82, 2.24) is 0 Å². The highest BCUT2D eigenvalue weighted by Gasteiger charge is 2.01. The summed E-state index contributed by atoms with van der Waals surface area (Å²) in [5, 5.41) is 17.6. The van der Waals surface area contributed by atoms with Crippen LogP contribution >= 0.6 is 0 Å². The predicted molar refractivity (Wildman–Crippen MR) is 138 cm³/mol. The molecule has 0 aromatic heterocycles. The second-order valence-corrected chi connectivity index (χ2v) is 9.29. The maximum atomic E-state index is 8.81. The van der Waals surface area contributed by atoms with Crippen LogP contribution in [0.3, 0.4) is 0 Å². The van der Waals surface area contributed by atoms with Crippen molar-refractivity contribution in [3.05, 3.63) is 59.7 Å². The quantitative estimate of drug-likeness (QED) is 0.219. The third-order valence-electron chi connectivity index (χ3n) is 6.49. The van der Waals surface area contributed by atoms with Crippen LogP contribution in [0.4, 0.5) is 0 Å². The van der Waals surface area contributed by atoms with Gasteiger partial charge in [-0.15, -0.1) is 0 Å². The first kappa shape index (κ1) is 26.6. The largest absolute Gasteiger partial charge is 0.396 e. The summed E-state index contributed by atoms with van der Waals surface area (Å²) >= 11 is 0. The Bertz CT molecular complexity index is 613. The Hall–Kier alpha value is -1.64. The Kier molecular flexibility index (Phi) is 14.9. The molecule has 178 valence electrons. The molecule has 0 aliphatic heterocycles. The number of aryl methyl sites for hydroxylation is 2. The van der Waals surface area contributed by atoms with Crippen LogP contribution < -0.4 is 0 Å². The highest BCUT2D eigenvalue weighted by molar-refractivity contribution is 5.63. The predicted octanol–water partition coefficient (Wildman–Crippen LogP) is 7.88. The Labute approximate surface area is 197 Å². The third kappa shape index (κ3) is 11.8. The molecule has 2 aromatic carbocycles. The molecule has 2 rings (SSSR count). The van der Waals surface area contributed by atoms with Gasteiger partial charge >= 0.3 is 0 Å². The summed E-state index contributed by atoms with van der Waals surface area (Å²) in [5.41, 5.74) is 5.52. The van der Waals surface area contributed by atoms with Crippen LogP contribution in [0.15, 0.2) is 48.5 Å². The van der Waals surface area contributed by atoms with Crippen LogP contribution in [0.1, 0.15) is 101 Å². The van der Waals surface area contributed by atoms with Crippen molar-refractivity contribution in [2.24, 2.45) is 0 Å². The van der Waals surface area contributed by atoms with E-state index in [1.54, 1.807) is 0 Å². The third-order valence-corrected chi connectivity index (χ3v) is 6.49. The minimum absolute atomic E-state index is 0.341. The van der Waals surface area contributed by atoms with Crippen LogP contribution in [0.25, 0.3) is 11.1 Å². The average Bonchev–Trinajstić information content (AvgIpc) is 2.83. The van der Waals surface area contributed by atoms with Gasteiger partial charge in [0, 0.05) is 13.2 Å². The van der Waals surface area contributed by atoms with Gasteiger partial charge in [-0.2, -0.15) is 0 Å². The Balaban J connectivity index is 1.61. The van der Waals surface area contributed by atoms with E-state index in [9.17, 15) is 0 Å². The van der Waals surface area contributed by atoms with E-state index in [1.165, 1.54) is 112 Å². The van der Waals surface area contributed by atoms with Gasteiger partial charge in [-0.25, -0.2) is 0 Å². The molecule has 0 saturated heterocycles. The minimum atomic E-state index is 0.341. The van der Waals surface area contributed by atoms with Crippen molar-refractivity contribution in [3.63, 3.8) is 0 Å². The van der Waals surface area contributed by atoms with Crippen LogP contribution in [0.2, 0.25) is 0 Å². The number of benzene rings is 2. The molecule has 0 saturated carbocycles. The fourth-order valence-electron chi connectivity index (χ4n) is 4.38. The molecule has 0 bridgehead atoms. The lowest BCUT2D eigenvalue weighted by Gasteiger charge is -2.07. The fraction of sp³-hybridized carbons (Fsp3) is 0.600. The molecule has 0 fully saturated rings. The van der Waals surface area contributed by atoms with E-state index in [0.717, 1.165) is 12.8 Å². The molecule has 0 heterocycles.